The van der Waals surface area contributed by atoms with Crippen molar-refractivity contribution in [1.82, 2.24) is 20.2 Å². The minimum absolute atomic E-state index is 0.214. The topological polar surface area (TPSA) is 54.2 Å². The van der Waals surface area contributed by atoms with Gasteiger partial charge in [0.25, 0.3) is 0 Å². The Bertz CT molecular complexity index is 403. The molecule has 0 spiro atoms. The second kappa shape index (κ2) is 9.28. The molecule has 7 heteroatoms. The third-order valence-corrected chi connectivity index (χ3v) is 2.92. The predicted octanol–water partition coefficient (Wildman–Crippen LogP) is 2.52. The zero-order chi connectivity index (χ0) is 14.8. The summed E-state index contributed by atoms with van der Waals surface area (Å²) in [6.45, 7) is 0.631. The summed E-state index contributed by atoms with van der Waals surface area (Å²) in [5, 5.41) is 6.13. The highest BCUT2D eigenvalue weighted by Crippen LogP contribution is 2.11. The summed E-state index contributed by atoms with van der Waals surface area (Å²) >= 11 is 0. The van der Waals surface area contributed by atoms with Crippen molar-refractivity contribution < 1.29 is 8.78 Å². The highest BCUT2D eigenvalue weighted by Gasteiger charge is 2.11. The summed E-state index contributed by atoms with van der Waals surface area (Å²) in [6.07, 6.45) is 7.30. The summed E-state index contributed by atoms with van der Waals surface area (Å²) in [5.74, 6) is 0.888. The molecule has 0 unspecified atom stereocenters. The summed E-state index contributed by atoms with van der Waals surface area (Å²) in [5.41, 5.74) is 0. The van der Waals surface area contributed by atoms with Gasteiger partial charge in [0.15, 0.2) is 5.96 Å². The van der Waals surface area contributed by atoms with E-state index in [9.17, 15) is 8.78 Å². The molecule has 1 aromatic rings. The van der Waals surface area contributed by atoms with Gasteiger partial charge in [-0.25, -0.2) is 4.98 Å². The molecule has 0 amide bonds. The van der Waals surface area contributed by atoms with E-state index in [2.05, 4.69) is 27.5 Å². The number of guanidine groups is 1. The number of unbranched alkanes of at least 4 members (excludes halogenated alkanes) is 3. The summed E-state index contributed by atoms with van der Waals surface area (Å²) in [7, 11) is 1.65. The van der Waals surface area contributed by atoms with Gasteiger partial charge in [0.05, 0.1) is 6.54 Å². The number of imidazole rings is 1. The quantitative estimate of drug-likeness (QED) is 0.439. The van der Waals surface area contributed by atoms with E-state index >= 15 is 0 Å². The van der Waals surface area contributed by atoms with Crippen molar-refractivity contribution in [2.75, 3.05) is 13.6 Å². The molecule has 0 aliphatic heterocycles. The molecule has 0 saturated heterocycles. The number of nitrogens with one attached hydrogen (secondary N) is 2. The van der Waals surface area contributed by atoms with Gasteiger partial charge < -0.3 is 10.6 Å². The number of rotatable bonds is 8. The van der Waals surface area contributed by atoms with Crippen LogP contribution in [-0.4, -0.2) is 29.1 Å². The monoisotopic (exact) mass is 287 g/mol. The predicted molar refractivity (Wildman–Crippen MR) is 75.8 cm³/mol. The zero-order valence-corrected chi connectivity index (χ0v) is 12.1. The van der Waals surface area contributed by atoms with Crippen molar-refractivity contribution in [3.05, 3.63) is 18.2 Å². The van der Waals surface area contributed by atoms with Gasteiger partial charge >= 0.3 is 6.55 Å². The van der Waals surface area contributed by atoms with Crippen LogP contribution in [0.3, 0.4) is 0 Å². The smallest absolute Gasteiger partial charge is 0.319 e. The molecule has 0 aliphatic carbocycles. The fraction of sp³-hybridized carbons (Fsp3) is 0.692. The number of aromatic nitrogens is 2. The van der Waals surface area contributed by atoms with Crippen LogP contribution in [0.1, 0.15) is 45.0 Å². The van der Waals surface area contributed by atoms with Crippen LogP contribution < -0.4 is 10.6 Å². The molecule has 0 aromatic carbocycles. The number of hydrogen-bond donors (Lipinski definition) is 2. The van der Waals surface area contributed by atoms with E-state index < -0.39 is 6.55 Å². The molecule has 0 fully saturated rings. The van der Waals surface area contributed by atoms with E-state index in [-0.39, 0.29) is 12.4 Å². The summed E-state index contributed by atoms with van der Waals surface area (Å²) in [4.78, 5) is 7.95. The van der Waals surface area contributed by atoms with Gasteiger partial charge in [-0.1, -0.05) is 26.2 Å². The van der Waals surface area contributed by atoms with Crippen LogP contribution in [0.4, 0.5) is 8.78 Å². The van der Waals surface area contributed by atoms with Gasteiger partial charge in [-0.2, -0.15) is 8.78 Å². The maximum Gasteiger partial charge on any atom is 0.319 e. The Morgan fingerprint density at radius 2 is 2.15 bits per heavy atom. The van der Waals surface area contributed by atoms with Crippen molar-refractivity contribution in [3.63, 3.8) is 0 Å². The van der Waals surface area contributed by atoms with E-state index in [1.807, 2.05) is 0 Å². The lowest BCUT2D eigenvalue weighted by molar-refractivity contribution is 0.0668. The number of halogens is 2. The molecule has 0 radical (unpaired) electrons. The molecule has 2 N–H and O–H groups in total. The van der Waals surface area contributed by atoms with E-state index in [1.165, 1.54) is 31.7 Å². The van der Waals surface area contributed by atoms with Gasteiger partial charge in [0.2, 0.25) is 0 Å². The second-order valence-electron chi connectivity index (χ2n) is 4.44. The highest BCUT2D eigenvalue weighted by molar-refractivity contribution is 5.79. The van der Waals surface area contributed by atoms with E-state index in [1.54, 1.807) is 7.05 Å². The molecule has 1 rings (SSSR count). The first-order chi connectivity index (χ1) is 9.69. The van der Waals surface area contributed by atoms with Crippen LogP contribution in [0.15, 0.2) is 17.4 Å². The van der Waals surface area contributed by atoms with Crippen molar-refractivity contribution in [3.8, 4) is 0 Å². The lowest BCUT2D eigenvalue weighted by atomic mass is 10.2. The van der Waals surface area contributed by atoms with Gasteiger partial charge in [0, 0.05) is 26.0 Å². The molecule has 0 aliphatic rings. The van der Waals surface area contributed by atoms with Crippen LogP contribution in [0.2, 0.25) is 0 Å². The lowest BCUT2D eigenvalue weighted by Crippen LogP contribution is -2.37. The first-order valence-electron chi connectivity index (χ1n) is 6.93. The Balaban J connectivity index is 2.32. The van der Waals surface area contributed by atoms with Crippen LogP contribution in [-0.2, 0) is 6.54 Å². The third kappa shape index (κ3) is 5.54. The van der Waals surface area contributed by atoms with Crippen molar-refractivity contribution in [2.24, 2.45) is 4.99 Å². The number of nitrogens with zero attached hydrogens (tertiary/aromatic N) is 3. The molecule has 5 nitrogen and oxygen atoms in total. The van der Waals surface area contributed by atoms with Gasteiger partial charge in [-0.3, -0.25) is 9.56 Å². The lowest BCUT2D eigenvalue weighted by Gasteiger charge is -2.12. The highest BCUT2D eigenvalue weighted by atomic mass is 19.3. The minimum Gasteiger partial charge on any atom is -0.356 e. The first-order valence-corrected chi connectivity index (χ1v) is 6.93. The second-order valence-corrected chi connectivity index (χ2v) is 4.44. The Morgan fingerprint density at radius 3 is 2.80 bits per heavy atom. The fourth-order valence-electron chi connectivity index (χ4n) is 1.80. The Morgan fingerprint density at radius 1 is 1.35 bits per heavy atom. The molecule has 1 heterocycles. The molecular weight excluding hydrogens is 264 g/mol. The Kier molecular flexibility index (Phi) is 7.60. The van der Waals surface area contributed by atoms with E-state index in [0.717, 1.165) is 17.5 Å². The molecule has 114 valence electrons. The number of aliphatic imine (C=N–C) groups is 1. The molecule has 0 saturated carbocycles. The average molecular weight is 287 g/mol. The van der Waals surface area contributed by atoms with Crippen molar-refractivity contribution in [2.45, 2.75) is 45.7 Å². The third-order valence-electron chi connectivity index (χ3n) is 2.92. The molecule has 1 aromatic heterocycles. The van der Waals surface area contributed by atoms with E-state index in [4.69, 9.17) is 0 Å². The molecule has 0 atom stereocenters. The molecule has 20 heavy (non-hydrogen) atoms. The summed E-state index contributed by atoms with van der Waals surface area (Å²) in [6, 6.07) is 0. The first kappa shape index (κ1) is 16.4. The van der Waals surface area contributed by atoms with Crippen LogP contribution >= 0.6 is 0 Å². The van der Waals surface area contributed by atoms with Crippen LogP contribution in [0.5, 0.6) is 0 Å². The SMILES string of the molecule is CCCCCCNC(=NC)NCc1nccn1C(F)F. The van der Waals surface area contributed by atoms with Gasteiger partial charge in [0.1, 0.15) is 5.82 Å². The zero-order valence-electron chi connectivity index (χ0n) is 12.1. The Labute approximate surface area is 118 Å². The number of hydrogen-bond acceptors (Lipinski definition) is 2. The Hall–Kier alpha value is -1.66. The van der Waals surface area contributed by atoms with E-state index in [0.29, 0.717) is 5.96 Å². The maximum absolute atomic E-state index is 12.6. The normalized spacial score (nSPS) is 11.9. The number of alkyl halides is 2. The van der Waals surface area contributed by atoms with Crippen molar-refractivity contribution in [1.29, 1.82) is 0 Å². The standard InChI is InChI=1S/C13H23F2N5/c1-3-4-5-6-7-18-13(16-2)19-10-11-17-8-9-20(11)12(14)15/h8-9,12H,3-7,10H2,1-2H3,(H2,16,18,19). The van der Waals surface area contributed by atoms with Crippen LogP contribution in [0, 0.1) is 0 Å². The van der Waals surface area contributed by atoms with Gasteiger partial charge in [-0.05, 0) is 6.42 Å². The largest absolute Gasteiger partial charge is 0.356 e. The fourth-order valence-corrected chi connectivity index (χ4v) is 1.80. The minimum atomic E-state index is -2.57. The molecular formula is C13H23F2N5. The maximum atomic E-state index is 12.6. The van der Waals surface area contributed by atoms with Crippen LogP contribution in [0.25, 0.3) is 0 Å². The molecule has 0 bridgehead atoms. The summed E-state index contributed by atoms with van der Waals surface area (Å²) < 4.78 is 26.1. The average Bonchev–Trinajstić information content (AvgIpc) is 2.90. The van der Waals surface area contributed by atoms with Gasteiger partial charge in [-0.15, -0.1) is 0 Å². The van der Waals surface area contributed by atoms with Crippen molar-refractivity contribution >= 4 is 5.96 Å².